The predicted molar refractivity (Wildman–Crippen MR) is 88.4 cm³/mol. The van der Waals surface area contributed by atoms with Crippen molar-refractivity contribution in [3.63, 3.8) is 0 Å². The summed E-state index contributed by atoms with van der Waals surface area (Å²) in [5.41, 5.74) is 0.414. The zero-order valence-corrected chi connectivity index (χ0v) is 13.7. The lowest BCUT2D eigenvalue weighted by Gasteiger charge is -2.23. The molecule has 4 nitrogen and oxygen atoms in total. The monoisotopic (exact) mass is 352 g/mol. The molecular formula is C16H14ClFN2O2S. The number of amides is 2. The third-order valence-electron chi connectivity index (χ3n) is 3.74. The van der Waals surface area contributed by atoms with Crippen LogP contribution in [0.15, 0.2) is 35.7 Å². The smallest absolute Gasteiger partial charge is 0.264 e. The lowest BCUT2D eigenvalue weighted by atomic mass is 10.2. The van der Waals surface area contributed by atoms with Crippen LogP contribution in [0.4, 0.5) is 10.1 Å². The first-order valence-corrected chi connectivity index (χ1v) is 8.42. The Bertz CT molecular complexity index is 736. The fourth-order valence-corrected chi connectivity index (χ4v) is 3.48. The van der Waals surface area contributed by atoms with Gasteiger partial charge >= 0.3 is 0 Å². The molecule has 1 aliphatic rings. The van der Waals surface area contributed by atoms with Crippen LogP contribution in [0.3, 0.4) is 0 Å². The Balaban J connectivity index is 1.73. The van der Waals surface area contributed by atoms with Crippen molar-refractivity contribution in [3.05, 3.63) is 51.4 Å². The molecule has 120 valence electrons. The molecule has 7 heteroatoms. The van der Waals surface area contributed by atoms with Gasteiger partial charge in [0.1, 0.15) is 11.9 Å². The number of hydrogen-bond donors (Lipinski definition) is 1. The van der Waals surface area contributed by atoms with Crippen LogP contribution in [0.5, 0.6) is 0 Å². The Hall–Kier alpha value is -1.92. The third kappa shape index (κ3) is 3.38. The highest BCUT2D eigenvalue weighted by Crippen LogP contribution is 2.24. The van der Waals surface area contributed by atoms with E-state index in [-0.39, 0.29) is 16.8 Å². The molecule has 1 saturated heterocycles. The molecule has 2 aromatic rings. The summed E-state index contributed by atoms with van der Waals surface area (Å²) < 4.78 is 13.2. The zero-order chi connectivity index (χ0) is 16.4. The first-order chi connectivity index (χ1) is 11.1. The fraction of sp³-hybridized carbons (Fsp3) is 0.250. The van der Waals surface area contributed by atoms with Gasteiger partial charge in [0.25, 0.3) is 5.91 Å². The predicted octanol–water partition coefficient (Wildman–Crippen LogP) is 3.78. The molecule has 1 aromatic carbocycles. The van der Waals surface area contributed by atoms with Gasteiger partial charge in [-0.2, -0.15) is 0 Å². The standard InChI is InChI=1S/C16H14ClFN2O2S/c17-11-9-10(5-6-12(11)18)19-15(21)13-3-1-7-20(13)16(22)14-4-2-8-23-14/h2,4-6,8-9,13H,1,3,7H2,(H,19,21)/t13-/m1/s1. The number of benzene rings is 1. The molecule has 0 unspecified atom stereocenters. The van der Waals surface area contributed by atoms with Crippen molar-refractivity contribution in [1.82, 2.24) is 4.90 Å². The Morgan fingerprint density at radius 1 is 1.35 bits per heavy atom. The zero-order valence-electron chi connectivity index (χ0n) is 12.1. The minimum Gasteiger partial charge on any atom is -0.326 e. The number of thiophene rings is 1. The van der Waals surface area contributed by atoms with Crippen molar-refractivity contribution >= 4 is 40.4 Å². The Morgan fingerprint density at radius 3 is 2.87 bits per heavy atom. The summed E-state index contributed by atoms with van der Waals surface area (Å²) in [6.07, 6.45) is 1.39. The Labute approximate surface area is 141 Å². The molecule has 0 spiro atoms. The number of carbonyl (C=O) groups is 2. The molecule has 0 aliphatic carbocycles. The number of hydrogen-bond acceptors (Lipinski definition) is 3. The van der Waals surface area contributed by atoms with Gasteiger partial charge in [-0.1, -0.05) is 17.7 Å². The molecule has 1 atom stereocenters. The third-order valence-corrected chi connectivity index (χ3v) is 4.88. The number of nitrogens with one attached hydrogen (secondary N) is 1. The SMILES string of the molecule is O=C(Nc1ccc(F)c(Cl)c1)[C@H]1CCCN1C(=O)c1cccs1. The first kappa shape index (κ1) is 16.0. The summed E-state index contributed by atoms with van der Waals surface area (Å²) >= 11 is 7.07. The van der Waals surface area contributed by atoms with Crippen molar-refractivity contribution in [1.29, 1.82) is 0 Å². The van der Waals surface area contributed by atoms with E-state index in [0.29, 0.717) is 23.5 Å². The number of anilines is 1. The van der Waals surface area contributed by atoms with Crippen LogP contribution in [-0.2, 0) is 4.79 Å². The molecule has 3 rings (SSSR count). The van der Waals surface area contributed by atoms with E-state index in [0.717, 1.165) is 6.42 Å². The quantitative estimate of drug-likeness (QED) is 0.913. The van der Waals surface area contributed by atoms with Crippen LogP contribution in [0.25, 0.3) is 0 Å². The maximum Gasteiger partial charge on any atom is 0.264 e. The van der Waals surface area contributed by atoms with Crippen LogP contribution < -0.4 is 5.32 Å². The minimum absolute atomic E-state index is 0.0549. The van der Waals surface area contributed by atoms with Crippen LogP contribution in [0.2, 0.25) is 5.02 Å². The van der Waals surface area contributed by atoms with E-state index >= 15 is 0 Å². The van der Waals surface area contributed by atoms with Crippen molar-refractivity contribution in [2.45, 2.75) is 18.9 Å². The van der Waals surface area contributed by atoms with Crippen LogP contribution in [-0.4, -0.2) is 29.3 Å². The second kappa shape index (κ2) is 6.68. The maximum absolute atomic E-state index is 13.2. The molecule has 23 heavy (non-hydrogen) atoms. The van der Waals surface area contributed by atoms with Gasteiger partial charge in [0.2, 0.25) is 5.91 Å². The van der Waals surface area contributed by atoms with Crippen molar-refractivity contribution < 1.29 is 14.0 Å². The summed E-state index contributed by atoms with van der Waals surface area (Å²) in [6, 6.07) is 7.04. The highest BCUT2D eigenvalue weighted by atomic mass is 35.5. The van der Waals surface area contributed by atoms with E-state index < -0.39 is 11.9 Å². The van der Waals surface area contributed by atoms with E-state index in [9.17, 15) is 14.0 Å². The average molecular weight is 353 g/mol. The normalized spacial score (nSPS) is 17.3. The maximum atomic E-state index is 13.2. The highest BCUT2D eigenvalue weighted by Gasteiger charge is 2.34. The lowest BCUT2D eigenvalue weighted by molar-refractivity contribution is -0.119. The summed E-state index contributed by atoms with van der Waals surface area (Å²) in [5.74, 6) is -0.954. The van der Waals surface area contributed by atoms with Crippen LogP contribution in [0, 0.1) is 5.82 Å². The van der Waals surface area contributed by atoms with Gasteiger partial charge in [-0.05, 0) is 42.5 Å². The van der Waals surface area contributed by atoms with Gasteiger partial charge in [0.15, 0.2) is 0 Å². The molecular weight excluding hydrogens is 339 g/mol. The van der Waals surface area contributed by atoms with Gasteiger partial charge in [0, 0.05) is 12.2 Å². The van der Waals surface area contributed by atoms with E-state index in [2.05, 4.69) is 5.32 Å². The van der Waals surface area contributed by atoms with E-state index in [4.69, 9.17) is 11.6 Å². The Kier molecular flexibility index (Phi) is 4.63. The van der Waals surface area contributed by atoms with Crippen molar-refractivity contribution in [3.8, 4) is 0 Å². The molecule has 1 fully saturated rings. The van der Waals surface area contributed by atoms with Gasteiger partial charge in [-0.25, -0.2) is 4.39 Å². The molecule has 0 saturated carbocycles. The van der Waals surface area contributed by atoms with Gasteiger partial charge in [-0.15, -0.1) is 11.3 Å². The fourth-order valence-electron chi connectivity index (χ4n) is 2.62. The van der Waals surface area contributed by atoms with E-state index in [1.54, 1.807) is 11.0 Å². The largest absolute Gasteiger partial charge is 0.326 e. The van der Waals surface area contributed by atoms with Crippen LogP contribution in [0.1, 0.15) is 22.5 Å². The lowest BCUT2D eigenvalue weighted by Crippen LogP contribution is -2.42. The summed E-state index contributed by atoms with van der Waals surface area (Å²) in [5, 5.41) is 4.48. The second-order valence-electron chi connectivity index (χ2n) is 5.25. The molecule has 1 aromatic heterocycles. The summed E-state index contributed by atoms with van der Waals surface area (Å²) in [6.45, 7) is 0.555. The number of nitrogens with zero attached hydrogens (tertiary/aromatic N) is 1. The molecule has 2 heterocycles. The van der Waals surface area contributed by atoms with Crippen molar-refractivity contribution in [2.75, 3.05) is 11.9 Å². The van der Waals surface area contributed by atoms with Crippen molar-refractivity contribution in [2.24, 2.45) is 0 Å². The summed E-state index contributed by atoms with van der Waals surface area (Å²) in [7, 11) is 0. The second-order valence-corrected chi connectivity index (χ2v) is 6.61. The Morgan fingerprint density at radius 2 is 2.17 bits per heavy atom. The number of rotatable bonds is 3. The number of carbonyl (C=O) groups excluding carboxylic acids is 2. The summed E-state index contributed by atoms with van der Waals surface area (Å²) in [4.78, 5) is 27.1. The van der Waals surface area contributed by atoms with Gasteiger partial charge in [0.05, 0.1) is 9.90 Å². The van der Waals surface area contributed by atoms with E-state index in [1.165, 1.54) is 29.5 Å². The minimum atomic E-state index is -0.542. The topological polar surface area (TPSA) is 49.4 Å². The average Bonchev–Trinajstić information content (AvgIpc) is 3.21. The van der Waals surface area contributed by atoms with Gasteiger partial charge < -0.3 is 10.2 Å². The number of likely N-dealkylation sites (tertiary alicyclic amines) is 1. The highest BCUT2D eigenvalue weighted by molar-refractivity contribution is 7.12. The van der Waals surface area contributed by atoms with Crippen LogP contribution >= 0.6 is 22.9 Å². The number of halogens is 2. The van der Waals surface area contributed by atoms with E-state index in [1.807, 2.05) is 11.4 Å². The first-order valence-electron chi connectivity index (χ1n) is 7.16. The molecule has 0 bridgehead atoms. The molecule has 2 amide bonds. The molecule has 1 N–H and O–H groups in total. The molecule has 0 radical (unpaired) electrons. The van der Waals surface area contributed by atoms with Gasteiger partial charge in [-0.3, -0.25) is 9.59 Å². The molecule has 1 aliphatic heterocycles.